The number of ketones is 1. The zero-order valence-electron chi connectivity index (χ0n) is 19.0. The number of thiol groups is 1. The lowest BCUT2D eigenvalue weighted by molar-refractivity contribution is -0.136. The van der Waals surface area contributed by atoms with Gasteiger partial charge in [-0.3, -0.25) is 9.59 Å². The molecule has 0 radical (unpaired) electrons. The lowest BCUT2D eigenvalue weighted by Crippen LogP contribution is -2.42. The summed E-state index contributed by atoms with van der Waals surface area (Å²) in [4.78, 5) is 26.7. The molecule has 1 N–H and O–H groups in total. The molecular formula is C27H35NO3S. The Bertz CT molecular complexity index is 848. The van der Waals surface area contributed by atoms with Crippen molar-refractivity contribution in [3.8, 4) is 0 Å². The number of ether oxygens (including phenoxy) is 1. The van der Waals surface area contributed by atoms with Crippen molar-refractivity contribution in [2.24, 2.45) is 11.3 Å². The molecule has 32 heavy (non-hydrogen) atoms. The van der Waals surface area contributed by atoms with E-state index in [9.17, 15) is 9.59 Å². The minimum absolute atomic E-state index is 0.0663. The molecule has 4 nitrogen and oxygen atoms in total. The lowest BCUT2D eigenvalue weighted by Gasteiger charge is -2.38. The number of carbonyl (C=O) groups excluding carboxylic acids is 2. The Hall–Kier alpha value is -2.11. The van der Waals surface area contributed by atoms with Gasteiger partial charge in [0.15, 0.2) is 0 Å². The molecule has 5 heteroatoms. The van der Waals surface area contributed by atoms with Crippen LogP contribution in [-0.2, 0) is 27.3 Å². The fraction of sp³-hybridized carbons (Fsp3) is 0.481. The molecule has 3 rings (SSSR count). The van der Waals surface area contributed by atoms with Gasteiger partial charge in [-0.05, 0) is 50.2 Å². The highest BCUT2D eigenvalue weighted by Crippen LogP contribution is 2.41. The summed E-state index contributed by atoms with van der Waals surface area (Å²) in [6.07, 6.45) is 4.35. The van der Waals surface area contributed by atoms with Crippen LogP contribution in [-0.4, -0.2) is 30.2 Å². The van der Waals surface area contributed by atoms with E-state index in [0.29, 0.717) is 25.3 Å². The number of nitrogens with one attached hydrogen (secondary N) is 1. The van der Waals surface area contributed by atoms with Crippen molar-refractivity contribution in [1.29, 1.82) is 0 Å². The van der Waals surface area contributed by atoms with Crippen LogP contribution in [0.1, 0.15) is 50.2 Å². The van der Waals surface area contributed by atoms with E-state index in [1.165, 1.54) is 0 Å². The van der Waals surface area contributed by atoms with E-state index in [1.807, 2.05) is 67.6 Å². The molecule has 1 aliphatic carbocycles. The van der Waals surface area contributed by atoms with Gasteiger partial charge in [0.2, 0.25) is 5.91 Å². The summed E-state index contributed by atoms with van der Waals surface area (Å²) >= 11 is 4.57. The van der Waals surface area contributed by atoms with Crippen molar-refractivity contribution in [3.05, 3.63) is 71.8 Å². The van der Waals surface area contributed by atoms with Crippen molar-refractivity contribution in [2.45, 2.75) is 58.1 Å². The van der Waals surface area contributed by atoms with Crippen LogP contribution >= 0.6 is 12.6 Å². The van der Waals surface area contributed by atoms with Gasteiger partial charge >= 0.3 is 0 Å². The van der Waals surface area contributed by atoms with Gasteiger partial charge in [0.05, 0.1) is 6.10 Å². The first-order valence-corrected chi connectivity index (χ1v) is 12.3. The van der Waals surface area contributed by atoms with E-state index in [4.69, 9.17) is 4.74 Å². The van der Waals surface area contributed by atoms with Gasteiger partial charge in [-0.25, -0.2) is 0 Å². The van der Waals surface area contributed by atoms with Gasteiger partial charge in [-0.1, -0.05) is 60.7 Å². The molecule has 0 aliphatic heterocycles. The molecule has 1 atom stereocenters. The zero-order chi connectivity index (χ0) is 22.8. The lowest BCUT2D eigenvalue weighted by atomic mass is 9.69. The van der Waals surface area contributed by atoms with Crippen LogP contribution in [0, 0.1) is 11.3 Å². The number of carbonyl (C=O) groups is 2. The summed E-state index contributed by atoms with van der Waals surface area (Å²) in [6.45, 7) is 3.17. The van der Waals surface area contributed by atoms with Gasteiger partial charge in [0.1, 0.15) is 5.78 Å². The Labute approximate surface area is 197 Å². The second-order valence-electron chi connectivity index (χ2n) is 8.81. The van der Waals surface area contributed by atoms with E-state index in [0.717, 1.165) is 36.8 Å². The molecule has 2 aromatic rings. The first-order chi connectivity index (χ1) is 15.6. The van der Waals surface area contributed by atoms with Crippen LogP contribution in [0.3, 0.4) is 0 Å². The average Bonchev–Trinajstić information content (AvgIpc) is 2.84. The van der Waals surface area contributed by atoms with Crippen LogP contribution in [0.15, 0.2) is 60.7 Å². The van der Waals surface area contributed by atoms with Crippen molar-refractivity contribution >= 4 is 24.3 Å². The number of rotatable bonds is 11. The van der Waals surface area contributed by atoms with E-state index in [2.05, 4.69) is 17.9 Å². The predicted octanol–water partition coefficient (Wildman–Crippen LogP) is 5.02. The summed E-state index contributed by atoms with van der Waals surface area (Å²) in [5.74, 6) is 0.227. The highest BCUT2D eigenvalue weighted by atomic mass is 32.1. The molecule has 0 bridgehead atoms. The highest BCUT2D eigenvalue weighted by molar-refractivity contribution is 7.80. The zero-order valence-corrected chi connectivity index (χ0v) is 19.9. The Morgan fingerprint density at radius 1 is 1.03 bits per heavy atom. The van der Waals surface area contributed by atoms with Crippen LogP contribution in [0.25, 0.3) is 0 Å². The minimum Gasteiger partial charge on any atom is -0.379 e. The van der Waals surface area contributed by atoms with E-state index < -0.39 is 11.3 Å². The van der Waals surface area contributed by atoms with Crippen molar-refractivity contribution in [3.63, 3.8) is 0 Å². The van der Waals surface area contributed by atoms with Crippen LogP contribution in [0.5, 0.6) is 0 Å². The van der Waals surface area contributed by atoms with Crippen LogP contribution in [0.2, 0.25) is 0 Å². The maximum Gasteiger partial charge on any atom is 0.224 e. The van der Waals surface area contributed by atoms with E-state index in [1.54, 1.807) is 0 Å². The first kappa shape index (κ1) is 24.5. The first-order valence-electron chi connectivity index (χ1n) is 11.7. The molecule has 2 aromatic carbocycles. The van der Waals surface area contributed by atoms with Crippen LogP contribution < -0.4 is 5.32 Å². The molecule has 1 fully saturated rings. The highest BCUT2D eigenvalue weighted by Gasteiger charge is 2.41. The van der Waals surface area contributed by atoms with E-state index >= 15 is 0 Å². The van der Waals surface area contributed by atoms with Crippen molar-refractivity contribution < 1.29 is 14.3 Å². The summed E-state index contributed by atoms with van der Waals surface area (Å²) in [5, 5.41) is 3.05. The molecule has 0 saturated heterocycles. The van der Waals surface area contributed by atoms with Crippen molar-refractivity contribution in [1.82, 2.24) is 5.32 Å². The van der Waals surface area contributed by atoms with Gasteiger partial charge in [-0.2, -0.15) is 12.6 Å². The topological polar surface area (TPSA) is 55.4 Å². The smallest absolute Gasteiger partial charge is 0.224 e. The average molecular weight is 454 g/mol. The van der Waals surface area contributed by atoms with Gasteiger partial charge in [0, 0.05) is 36.7 Å². The normalized spacial score (nSPS) is 21.6. The van der Waals surface area contributed by atoms with Gasteiger partial charge in [0.25, 0.3) is 0 Å². The Balaban J connectivity index is 1.69. The number of benzene rings is 2. The Morgan fingerprint density at radius 3 is 2.19 bits per heavy atom. The van der Waals surface area contributed by atoms with Gasteiger partial charge in [-0.15, -0.1) is 0 Å². The summed E-state index contributed by atoms with van der Waals surface area (Å²) < 4.78 is 5.77. The second kappa shape index (κ2) is 12.2. The summed E-state index contributed by atoms with van der Waals surface area (Å²) in [7, 11) is 0. The Kier molecular flexibility index (Phi) is 9.36. The monoisotopic (exact) mass is 453 g/mol. The van der Waals surface area contributed by atoms with E-state index in [-0.39, 0.29) is 24.2 Å². The molecule has 1 saturated carbocycles. The molecule has 0 heterocycles. The maximum absolute atomic E-state index is 13.5. The predicted molar refractivity (Wildman–Crippen MR) is 132 cm³/mol. The molecule has 1 amide bonds. The second-order valence-corrected chi connectivity index (χ2v) is 9.13. The quantitative estimate of drug-likeness (QED) is 0.470. The molecule has 0 spiro atoms. The largest absolute Gasteiger partial charge is 0.379 e. The molecule has 0 aromatic heterocycles. The SMILES string of the molecule is CCOC1CCC(CS)(C(=O)C[C@@H](Cc2ccccc2)C(=O)NCc2ccccc2)CC1. The standard InChI is InChI=1S/C27H35NO3S/c1-2-31-24-13-15-27(20-32,16-14-24)25(29)18-23(17-21-9-5-3-6-10-21)26(30)28-19-22-11-7-4-8-12-22/h3-12,23-24,32H,2,13-20H2,1H3,(H,28,30)/t23-,24?,27?/m1/s1. The number of hydrogen-bond acceptors (Lipinski definition) is 4. The summed E-state index contributed by atoms with van der Waals surface area (Å²) in [5.41, 5.74) is 1.66. The fourth-order valence-electron chi connectivity index (χ4n) is 4.60. The third-order valence-corrected chi connectivity index (χ3v) is 7.23. The fourth-order valence-corrected chi connectivity index (χ4v) is 5.09. The number of amides is 1. The van der Waals surface area contributed by atoms with Crippen molar-refractivity contribution in [2.75, 3.05) is 12.4 Å². The van der Waals surface area contributed by atoms with Gasteiger partial charge < -0.3 is 10.1 Å². The minimum atomic E-state index is -0.453. The summed E-state index contributed by atoms with van der Waals surface area (Å²) in [6, 6.07) is 19.8. The molecular weight excluding hydrogens is 418 g/mol. The molecule has 0 unspecified atom stereocenters. The third-order valence-electron chi connectivity index (χ3n) is 6.62. The number of hydrogen-bond donors (Lipinski definition) is 2. The maximum atomic E-state index is 13.5. The van der Waals surface area contributed by atoms with Crippen LogP contribution in [0.4, 0.5) is 0 Å². The molecule has 1 aliphatic rings. The Morgan fingerprint density at radius 2 is 1.62 bits per heavy atom. The third kappa shape index (κ3) is 6.69. The molecule has 172 valence electrons. The number of Topliss-reactive ketones (excluding diaryl/α,β-unsaturated/α-hetero) is 1.